The van der Waals surface area contributed by atoms with Crippen molar-refractivity contribution in [3.8, 4) is 11.1 Å². The van der Waals surface area contributed by atoms with E-state index in [0.717, 1.165) is 27.2 Å². The van der Waals surface area contributed by atoms with Gasteiger partial charge >= 0.3 is 5.97 Å². The molecule has 174 valence electrons. The Hall–Kier alpha value is -3.77. The highest BCUT2D eigenvalue weighted by Gasteiger charge is 2.36. The first-order chi connectivity index (χ1) is 16.4. The minimum Gasteiger partial charge on any atom is -0.481 e. The normalized spacial score (nSPS) is 14.7. The Labute approximate surface area is 198 Å². The van der Waals surface area contributed by atoms with E-state index in [-0.39, 0.29) is 19.4 Å². The number of aliphatic carboxylic acids is 1. The first kappa shape index (κ1) is 23.4. The molecule has 1 heterocycles. The van der Waals surface area contributed by atoms with Crippen LogP contribution in [0.1, 0.15) is 44.7 Å². The molecule has 0 bridgehead atoms. The standard InChI is InChI=1S/C28H27NO5/c1-18-17-21(20-7-3-2-4-8-20)12-11-19(18)13-14-25(30)24(28(33)34)15-16-29-26(31)22-9-5-6-10-23(22)27(29)32/h2-12,17,24-25,30H,13-16H2,1H3,(H,33,34). The minimum absolute atomic E-state index is 0.00606. The summed E-state index contributed by atoms with van der Waals surface area (Å²) in [4.78, 5) is 38.0. The van der Waals surface area contributed by atoms with E-state index in [0.29, 0.717) is 17.5 Å². The zero-order valence-corrected chi connectivity index (χ0v) is 19.0. The number of imide groups is 1. The lowest BCUT2D eigenvalue weighted by Crippen LogP contribution is -2.36. The molecule has 2 N–H and O–H groups in total. The van der Waals surface area contributed by atoms with Crippen molar-refractivity contribution in [3.05, 3.63) is 95.1 Å². The minimum atomic E-state index is -1.14. The maximum Gasteiger partial charge on any atom is 0.309 e. The lowest BCUT2D eigenvalue weighted by Gasteiger charge is -2.22. The maximum atomic E-state index is 12.5. The largest absolute Gasteiger partial charge is 0.481 e. The summed E-state index contributed by atoms with van der Waals surface area (Å²) >= 11 is 0. The number of carboxylic acids is 1. The fourth-order valence-electron chi connectivity index (χ4n) is 4.48. The van der Waals surface area contributed by atoms with Crippen molar-refractivity contribution < 1.29 is 24.6 Å². The first-order valence-electron chi connectivity index (χ1n) is 11.4. The number of hydrogen-bond donors (Lipinski definition) is 2. The van der Waals surface area contributed by atoms with Gasteiger partial charge in [-0.2, -0.15) is 0 Å². The predicted molar refractivity (Wildman–Crippen MR) is 128 cm³/mol. The highest BCUT2D eigenvalue weighted by Crippen LogP contribution is 2.26. The second-order valence-corrected chi connectivity index (χ2v) is 8.65. The molecular weight excluding hydrogens is 430 g/mol. The number of amides is 2. The summed E-state index contributed by atoms with van der Waals surface area (Å²) < 4.78 is 0. The Kier molecular flexibility index (Phi) is 6.89. The van der Waals surface area contributed by atoms with Crippen LogP contribution < -0.4 is 0 Å². The second-order valence-electron chi connectivity index (χ2n) is 8.65. The highest BCUT2D eigenvalue weighted by molar-refractivity contribution is 6.21. The van der Waals surface area contributed by atoms with E-state index in [1.165, 1.54) is 0 Å². The predicted octanol–water partition coefficient (Wildman–Crippen LogP) is 4.34. The zero-order chi connectivity index (χ0) is 24.2. The van der Waals surface area contributed by atoms with Gasteiger partial charge in [-0.25, -0.2) is 0 Å². The molecule has 0 aromatic heterocycles. The van der Waals surface area contributed by atoms with Crippen molar-refractivity contribution in [2.24, 2.45) is 5.92 Å². The number of carboxylic acid groups (broad SMARTS) is 1. The molecule has 6 nitrogen and oxygen atoms in total. The van der Waals surface area contributed by atoms with Crippen LogP contribution in [-0.2, 0) is 11.2 Å². The fourth-order valence-corrected chi connectivity index (χ4v) is 4.48. The number of nitrogens with zero attached hydrogens (tertiary/aromatic N) is 1. The van der Waals surface area contributed by atoms with Gasteiger partial charge in [-0.3, -0.25) is 19.3 Å². The topological polar surface area (TPSA) is 94.9 Å². The van der Waals surface area contributed by atoms with Crippen molar-refractivity contribution >= 4 is 17.8 Å². The van der Waals surface area contributed by atoms with Gasteiger partial charge in [0.1, 0.15) is 0 Å². The smallest absolute Gasteiger partial charge is 0.309 e. The zero-order valence-electron chi connectivity index (χ0n) is 19.0. The summed E-state index contributed by atoms with van der Waals surface area (Å²) in [6, 6.07) is 22.7. The van der Waals surface area contributed by atoms with Crippen LogP contribution in [-0.4, -0.2) is 45.5 Å². The molecule has 6 heteroatoms. The quantitative estimate of drug-likeness (QED) is 0.466. The molecule has 2 unspecified atom stereocenters. The fraction of sp³-hybridized carbons (Fsp3) is 0.250. The third-order valence-corrected chi connectivity index (χ3v) is 6.48. The van der Waals surface area contributed by atoms with E-state index in [2.05, 4.69) is 6.07 Å². The van der Waals surface area contributed by atoms with E-state index in [9.17, 15) is 24.6 Å². The molecule has 2 atom stereocenters. The number of benzene rings is 3. The van der Waals surface area contributed by atoms with Crippen LogP contribution in [0.4, 0.5) is 0 Å². The van der Waals surface area contributed by atoms with E-state index >= 15 is 0 Å². The highest BCUT2D eigenvalue weighted by atomic mass is 16.4. The Balaban J connectivity index is 1.37. The van der Waals surface area contributed by atoms with Crippen molar-refractivity contribution in [3.63, 3.8) is 0 Å². The molecule has 0 saturated carbocycles. The average Bonchev–Trinajstić information content (AvgIpc) is 3.08. The van der Waals surface area contributed by atoms with Gasteiger partial charge in [0.25, 0.3) is 11.8 Å². The van der Waals surface area contributed by atoms with Gasteiger partial charge in [0.05, 0.1) is 23.1 Å². The van der Waals surface area contributed by atoms with Crippen molar-refractivity contribution in [1.29, 1.82) is 0 Å². The summed E-state index contributed by atoms with van der Waals surface area (Å²) in [7, 11) is 0. The third-order valence-electron chi connectivity index (χ3n) is 6.48. The summed E-state index contributed by atoms with van der Waals surface area (Å²) in [5.74, 6) is -3.06. The monoisotopic (exact) mass is 457 g/mol. The molecule has 0 aliphatic carbocycles. The van der Waals surface area contributed by atoms with E-state index in [1.807, 2.05) is 49.4 Å². The number of rotatable bonds is 9. The second kappa shape index (κ2) is 10.0. The Morgan fingerprint density at radius 1 is 0.853 bits per heavy atom. The molecule has 0 spiro atoms. The molecule has 1 aliphatic rings. The van der Waals surface area contributed by atoms with Crippen LogP contribution in [0, 0.1) is 12.8 Å². The number of fused-ring (bicyclic) bond motifs is 1. The van der Waals surface area contributed by atoms with Crippen LogP contribution in [0.15, 0.2) is 72.8 Å². The van der Waals surface area contributed by atoms with Gasteiger partial charge in [-0.1, -0.05) is 60.7 Å². The van der Waals surface area contributed by atoms with Gasteiger partial charge in [-0.15, -0.1) is 0 Å². The molecule has 4 rings (SSSR count). The number of hydrogen-bond acceptors (Lipinski definition) is 4. The SMILES string of the molecule is Cc1cc(-c2ccccc2)ccc1CCC(O)C(CCN1C(=O)c2ccccc2C1=O)C(=O)O. The van der Waals surface area contributed by atoms with Gasteiger partial charge in [0, 0.05) is 6.54 Å². The van der Waals surface area contributed by atoms with E-state index in [1.54, 1.807) is 24.3 Å². The van der Waals surface area contributed by atoms with Crippen molar-refractivity contribution in [1.82, 2.24) is 4.90 Å². The molecule has 34 heavy (non-hydrogen) atoms. The molecule has 3 aromatic rings. The number of aryl methyl sites for hydroxylation is 2. The molecular formula is C28H27NO5. The van der Waals surface area contributed by atoms with Gasteiger partial charge in [0.2, 0.25) is 0 Å². The van der Waals surface area contributed by atoms with Crippen LogP contribution in [0.2, 0.25) is 0 Å². The Bertz CT molecular complexity index is 1190. The van der Waals surface area contributed by atoms with E-state index < -0.39 is 29.8 Å². The maximum absolute atomic E-state index is 12.5. The van der Waals surface area contributed by atoms with E-state index in [4.69, 9.17) is 0 Å². The Morgan fingerprint density at radius 2 is 1.47 bits per heavy atom. The summed E-state index contributed by atoms with van der Waals surface area (Å²) in [6.07, 6.45) is -0.307. The third kappa shape index (κ3) is 4.77. The van der Waals surface area contributed by atoms with Gasteiger partial charge < -0.3 is 10.2 Å². The summed E-state index contributed by atoms with van der Waals surface area (Å²) in [5.41, 5.74) is 5.00. The van der Waals surface area contributed by atoms with Crippen molar-refractivity contribution in [2.45, 2.75) is 32.3 Å². The molecule has 1 aliphatic heterocycles. The number of carbonyl (C=O) groups excluding carboxylic acids is 2. The number of aliphatic hydroxyl groups is 1. The Morgan fingerprint density at radius 3 is 2.06 bits per heavy atom. The lowest BCUT2D eigenvalue weighted by molar-refractivity contribution is -0.146. The molecule has 0 saturated heterocycles. The molecule has 3 aromatic carbocycles. The van der Waals surface area contributed by atoms with Crippen molar-refractivity contribution in [2.75, 3.05) is 6.54 Å². The molecule has 0 fully saturated rings. The molecule has 2 amide bonds. The van der Waals surface area contributed by atoms with Gasteiger partial charge in [-0.05, 0) is 60.6 Å². The number of carbonyl (C=O) groups is 3. The average molecular weight is 458 g/mol. The van der Waals surface area contributed by atoms with Crippen LogP contribution in [0.3, 0.4) is 0 Å². The van der Waals surface area contributed by atoms with Gasteiger partial charge in [0.15, 0.2) is 0 Å². The van der Waals surface area contributed by atoms with Crippen LogP contribution >= 0.6 is 0 Å². The molecule has 0 radical (unpaired) electrons. The first-order valence-corrected chi connectivity index (χ1v) is 11.4. The summed E-state index contributed by atoms with van der Waals surface area (Å²) in [5, 5.41) is 20.4. The van der Waals surface area contributed by atoms with Crippen LogP contribution in [0.5, 0.6) is 0 Å². The lowest BCUT2D eigenvalue weighted by atomic mass is 9.91. The van der Waals surface area contributed by atoms with Crippen LogP contribution in [0.25, 0.3) is 11.1 Å². The number of aliphatic hydroxyl groups excluding tert-OH is 1. The summed E-state index contributed by atoms with van der Waals surface area (Å²) in [6.45, 7) is 1.95.